The van der Waals surface area contributed by atoms with Crippen molar-refractivity contribution in [3.05, 3.63) is 59.2 Å². The molecule has 2 heterocycles. The lowest BCUT2D eigenvalue weighted by molar-refractivity contribution is 0.403. The van der Waals surface area contributed by atoms with Gasteiger partial charge in [0.2, 0.25) is 0 Å². The molecular formula is C18H17FN2O. The van der Waals surface area contributed by atoms with E-state index in [4.69, 9.17) is 4.74 Å². The Morgan fingerprint density at radius 1 is 1.27 bits per heavy atom. The zero-order chi connectivity index (χ0) is 15.3. The van der Waals surface area contributed by atoms with E-state index in [1.807, 2.05) is 24.3 Å². The minimum Gasteiger partial charge on any atom is -0.496 e. The summed E-state index contributed by atoms with van der Waals surface area (Å²) in [6, 6.07) is 11.7. The molecule has 1 aliphatic rings. The van der Waals surface area contributed by atoms with Crippen molar-refractivity contribution >= 4 is 11.0 Å². The molecule has 0 fully saturated rings. The number of benzene rings is 2. The first-order chi connectivity index (χ1) is 10.7. The fourth-order valence-electron chi connectivity index (χ4n) is 3.43. The zero-order valence-electron chi connectivity index (χ0n) is 12.6. The highest BCUT2D eigenvalue weighted by Gasteiger charge is 2.29. The van der Waals surface area contributed by atoms with Gasteiger partial charge in [-0.05, 0) is 31.0 Å². The third-order valence-electron chi connectivity index (χ3n) is 4.49. The Kier molecular flexibility index (Phi) is 2.93. The fraction of sp³-hybridized carbons (Fsp3) is 0.278. The number of ether oxygens (including phenoxy) is 1. The number of nitrogens with zero attached hydrogens (tertiary/aromatic N) is 2. The minimum absolute atomic E-state index is 0.195. The zero-order valence-corrected chi connectivity index (χ0v) is 12.6. The third-order valence-corrected chi connectivity index (χ3v) is 4.49. The number of hydrogen-bond donors (Lipinski definition) is 0. The van der Waals surface area contributed by atoms with E-state index in [9.17, 15) is 4.39 Å². The van der Waals surface area contributed by atoms with Crippen LogP contribution in [-0.4, -0.2) is 16.7 Å². The Labute approximate surface area is 128 Å². The van der Waals surface area contributed by atoms with Gasteiger partial charge in [0.15, 0.2) is 0 Å². The van der Waals surface area contributed by atoms with Crippen LogP contribution in [0.3, 0.4) is 0 Å². The lowest BCUT2D eigenvalue weighted by atomic mass is 10.0. The molecule has 0 aliphatic carbocycles. The summed E-state index contributed by atoms with van der Waals surface area (Å²) in [6.07, 6.45) is 1.90. The molecule has 1 atom stereocenters. The molecule has 0 N–H and O–H groups in total. The molecule has 0 amide bonds. The van der Waals surface area contributed by atoms with Gasteiger partial charge in [-0.1, -0.05) is 18.2 Å². The highest BCUT2D eigenvalue weighted by Crippen LogP contribution is 2.39. The molecule has 22 heavy (non-hydrogen) atoms. The maximum atomic E-state index is 13.8. The summed E-state index contributed by atoms with van der Waals surface area (Å²) in [5.74, 6) is 1.72. The molecule has 0 saturated heterocycles. The van der Waals surface area contributed by atoms with Gasteiger partial charge in [-0.3, -0.25) is 0 Å². The maximum Gasteiger partial charge on any atom is 0.128 e. The smallest absolute Gasteiger partial charge is 0.128 e. The molecule has 3 nitrogen and oxygen atoms in total. The minimum atomic E-state index is -0.196. The number of para-hydroxylation sites is 1. The first kappa shape index (κ1) is 13.3. The van der Waals surface area contributed by atoms with Gasteiger partial charge < -0.3 is 9.30 Å². The van der Waals surface area contributed by atoms with Crippen LogP contribution in [0.25, 0.3) is 11.0 Å². The number of aryl methyl sites for hydroxylation is 2. The quantitative estimate of drug-likeness (QED) is 0.714. The van der Waals surface area contributed by atoms with Crippen LogP contribution in [0.2, 0.25) is 0 Å². The first-order valence-corrected chi connectivity index (χ1v) is 7.49. The third kappa shape index (κ3) is 1.83. The van der Waals surface area contributed by atoms with E-state index in [0.29, 0.717) is 5.56 Å². The van der Waals surface area contributed by atoms with Crippen molar-refractivity contribution in [3.8, 4) is 5.75 Å². The van der Waals surface area contributed by atoms with E-state index in [0.717, 1.165) is 41.0 Å². The molecular weight excluding hydrogens is 279 g/mol. The molecule has 3 aromatic rings. The maximum absolute atomic E-state index is 13.8. The molecule has 112 valence electrons. The van der Waals surface area contributed by atoms with Crippen LogP contribution in [-0.2, 0) is 6.42 Å². The van der Waals surface area contributed by atoms with Crippen molar-refractivity contribution < 1.29 is 9.13 Å². The standard InChI is InChI=1S/C18H17FN2O/c1-11-9-16-14(10-13(11)19)20-18-8-7-15(21(16)18)12-5-3-4-6-17(12)22-2/h3-6,9-10,15H,7-8H2,1-2H3/t15-/m1/s1. The molecule has 1 aromatic heterocycles. The summed E-state index contributed by atoms with van der Waals surface area (Å²) in [7, 11) is 1.69. The Hall–Kier alpha value is -2.36. The monoisotopic (exact) mass is 296 g/mol. The lowest BCUT2D eigenvalue weighted by Gasteiger charge is -2.18. The lowest BCUT2D eigenvalue weighted by Crippen LogP contribution is -2.07. The van der Waals surface area contributed by atoms with Crippen LogP contribution in [0.15, 0.2) is 36.4 Å². The second-order valence-electron chi connectivity index (χ2n) is 5.78. The van der Waals surface area contributed by atoms with Gasteiger partial charge >= 0.3 is 0 Å². The second-order valence-corrected chi connectivity index (χ2v) is 5.78. The topological polar surface area (TPSA) is 27.1 Å². The molecule has 4 heteroatoms. The number of methoxy groups -OCH3 is 1. The number of hydrogen-bond acceptors (Lipinski definition) is 2. The predicted octanol–water partition coefficient (Wildman–Crippen LogP) is 4.03. The number of rotatable bonds is 2. The van der Waals surface area contributed by atoms with E-state index in [-0.39, 0.29) is 11.9 Å². The summed E-state index contributed by atoms with van der Waals surface area (Å²) in [5.41, 5.74) is 3.55. The van der Waals surface area contributed by atoms with E-state index in [2.05, 4.69) is 15.6 Å². The van der Waals surface area contributed by atoms with Crippen LogP contribution >= 0.6 is 0 Å². The highest BCUT2D eigenvalue weighted by atomic mass is 19.1. The Morgan fingerprint density at radius 3 is 2.91 bits per heavy atom. The Balaban J connectivity index is 1.93. The van der Waals surface area contributed by atoms with Crippen molar-refractivity contribution in [1.82, 2.24) is 9.55 Å². The largest absolute Gasteiger partial charge is 0.496 e. The average molecular weight is 296 g/mol. The van der Waals surface area contributed by atoms with E-state index in [1.165, 1.54) is 6.07 Å². The molecule has 4 rings (SSSR count). The van der Waals surface area contributed by atoms with E-state index >= 15 is 0 Å². The van der Waals surface area contributed by atoms with Crippen molar-refractivity contribution in [2.24, 2.45) is 0 Å². The van der Waals surface area contributed by atoms with Crippen molar-refractivity contribution in [1.29, 1.82) is 0 Å². The SMILES string of the molecule is COc1ccccc1[C@H]1CCc2nc3cc(F)c(C)cc3n21. The van der Waals surface area contributed by atoms with Crippen LogP contribution in [0.1, 0.15) is 29.4 Å². The van der Waals surface area contributed by atoms with Gasteiger partial charge in [0.25, 0.3) is 0 Å². The summed E-state index contributed by atoms with van der Waals surface area (Å²) < 4.78 is 21.5. The molecule has 0 spiro atoms. The van der Waals surface area contributed by atoms with Crippen LogP contribution < -0.4 is 4.74 Å². The van der Waals surface area contributed by atoms with Gasteiger partial charge in [0, 0.05) is 18.1 Å². The highest BCUT2D eigenvalue weighted by molar-refractivity contribution is 5.78. The van der Waals surface area contributed by atoms with Crippen molar-refractivity contribution in [3.63, 3.8) is 0 Å². The van der Waals surface area contributed by atoms with Gasteiger partial charge in [0.05, 0.1) is 24.2 Å². The van der Waals surface area contributed by atoms with Gasteiger partial charge in [-0.15, -0.1) is 0 Å². The van der Waals surface area contributed by atoms with Crippen LogP contribution in [0, 0.1) is 12.7 Å². The van der Waals surface area contributed by atoms with Gasteiger partial charge in [-0.25, -0.2) is 9.37 Å². The molecule has 1 aliphatic heterocycles. The Morgan fingerprint density at radius 2 is 2.09 bits per heavy atom. The van der Waals surface area contributed by atoms with E-state index in [1.54, 1.807) is 14.0 Å². The first-order valence-electron chi connectivity index (χ1n) is 7.49. The molecule has 0 unspecified atom stereocenters. The normalized spacial score (nSPS) is 17.0. The number of aromatic nitrogens is 2. The average Bonchev–Trinajstić information content (AvgIpc) is 3.07. The van der Waals surface area contributed by atoms with Gasteiger partial charge in [0.1, 0.15) is 17.4 Å². The number of halogens is 1. The van der Waals surface area contributed by atoms with E-state index < -0.39 is 0 Å². The fourth-order valence-corrected chi connectivity index (χ4v) is 3.43. The molecule has 0 radical (unpaired) electrons. The number of fused-ring (bicyclic) bond motifs is 3. The Bertz CT molecular complexity index is 869. The molecule has 2 aromatic carbocycles. The van der Waals surface area contributed by atoms with Gasteiger partial charge in [-0.2, -0.15) is 0 Å². The van der Waals surface area contributed by atoms with Crippen molar-refractivity contribution in [2.75, 3.05) is 7.11 Å². The summed E-state index contributed by atoms with van der Waals surface area (Å²) in [6.45, 7) is 1.79. The summed E-state index contributed by atoms with van der Waals surface area (Å²) >= 11 is 0. The van der Waals surface area contributed by atoms with Crippen LogP contribution in [0.5, 0.6) is 5.75 Å². The van der Waals surface area contributed by atoms with Crippen LogP contribution in [0.4, 0.5) is 4.39 Å². The molecule has 0 bridgehead atoms. The molecule has 0 saturated carbocycles. The van der Waals surface area contributed by atoms with Crippen molar-refractivity contribution in [2.45, 2.75) is 25.8 Å². The summed E-state index contributed by atoms with van der Waals surface area (Å²) in [5, 5.41) is 0. The number of imidazole rings is 1. The predicted molar refractivity (Wildman–Crippen MR) is 83.9 cm³/mol. The second kappa shape index (κ2) is 4.83. The summed E-state index contributed by atoms with van der Waals surface area (Å²) in [4.78, 5) is 4.61.